The van der Waals surface area contributed by atoms with E-state index in [9.17, 15) is 4.79 Å². The third kappa shape index (κ3) is 3.80. The van der Waals surface area contributed by atoms with Crippen LogP contribution < -0.4 is 11.2 Å². The van der Waals surface area contributed by atoms with Gasteiger partial charge in [0.2, 0.25) is 0 Å². The predicted octanol–water partition coefficient (Wildman–Crippen LogP) is 1.34. The van der Waals surface area contributed by atoms with Crippen molar-refractivity contribution < 1.29 is 14.4 Å². The summed E-state index contributed by atoms with van der Waals surface area (Å²) in [4.78, 5) is 16.5. The highest BCUT2D eigenvalue weighted by Gasteiger charge is 2.09. The highest BCUT2D eigenvalue weighted by Crippen LogP contribution is 2.18. The zero-order chi connectivity index (χ0) is 12.0. The number of nitrogens with one attached hydrogen (secondary N) is 1. The molecule has 1 aromatic carbocycles. The summed E-state index contributed by atoms with van der Waals surface area (Å²) in [6.45, 7) is 0.699. The fourth-order valence-corrected chi connectivity index (χ4v) is 1.38. The number of rotatable bonds is 5. The van der Waals surface area contributed by atoms with Crippen LogP contribution in [0.1, 0.15) is 10.4 Å². The number of carbonyl (C=O) groups is 1. The first-order valence-electron chi connectivity index (χ1n) is 4.61. The minimum absolute atomic E-state index is 0.288. The van der Waals surface area contributed by atoms with E-state index in [1.807, 2.05) is 0 Å². The molecule has 6 heteroatoms. The van der Waals surface area contributed by atoms with Crippen molar-refractivity contribution in [2.75, 3.05) is 26.1 Å². The zero-order valence-corrected chi connectivity index (χ0v) is 10.4. The summed E-state index contributed by atoms with van der Waals surface area (Å²) in [5, 5.41) is 0. The molecule has 0 fully saturated rings. The lowest BCUT2D eigenvalue weighted by Crippen LogP contribution is -2.26. The molecule has 0 unspecified atom stereocenters. The number of hydrogen-bond acceptors (Lipinski definition) is 4. The van der Waals surface area contributed by atoms with Gasteiger partial charge in [-0.2, -0.15) is 0 Å². The molecule has 0 saturated carbocycles. The lowest BCUT2D eigenvalue weighted by atomic mass is 10.2. The maximum absolute atomic E-state index is 11.6. The van der Waals surface area contributed by atoms with Gasteiger partial charge < -0.3 is 10.5 Å². The van der Waals surface area contributed by atoms with Gasteiger partial charge in [-0.15, -0.1) is 0 Å². The van der Waals surface area contributed by atoms with Gasteiger partial charge in [0, 0.05) is 17.3 Å². The van der Waals surface area contributed by atoms with Gasteiger partial charge in [0.15, 0.2) is 0 Å². The van der Waals surface area contributed by atoms with Crippen molar-refractivity contribution >= 4 is 27.5 Å². The van der Waals surface area contributed by atoms with Gasteiger partial charge in [-0.25, -0.2) is 5.48 Å². The molecular formula is C10H13BrN2O3. The van der Waals surface area contributed by atoms with Crippen LogP contribution in [0.4, 0.5) is 5.69 Å². The van der Waals surface area contributed by atoms with Crippen LogP contribution in [0.5, 0.6) is 0 Å². The lowest BCUT2D eigenvalue weighted by molar-refractivity contribution is 0.00894. The average Bonchev–Trinajstić information content (AvgIpc) is 2.27. The molecule has 3 N–H and O–H groups in total. The first-order chi connectivity index (χ1) is 7.65. The molecule has 88 valence electrons. The summed E-state index contributed by atoms with van der Waals surface area (Å²) in [5.74, 6) is -0.380. The largest absolute Gasteiger partial charge is 0.398 e. The molecule has 16 heavy (non-hydrogen) atoms. The second kappa shape index (κ2) is 6.47. The van der Waals surface area contributed by atoms with Gasteiger partial charge in [-0.3, -0.25) is 9.63 Å². The molecule has 0 saturated heterocycles. The van der Waals surface area contributed by atoms with E-state index in [1.54, 1.807) is 25.3 Å². The van der Waals surface area contributed by atoms with Gasteiger partial charge in [0.25, 0.3) is 5.91 Å². The summed E-state index contributed by atoms with van der Waals surface area (Å²) in [6.07, 6.45) is 0. The van der Waals surface area contributed by atoms with Crippen LogP contribution >= 0.6 is 15.9 Å². The van der Waals surface area contributed by atoms with Crippen molar-refractivity contribution in [3.05, 3.63) is 28.2 Å². The Morgan fingerprint density at radius 3 is 2.94 bits per heavy atom. The van der Waals surface area contributed by atoms with E-state index in [1.165, 1.54) is 0 Å². The van der Waals surface area contributed by atoms with Crippen molar-refractivity contribution in [2.24, 2.45) is 0 Å². The number of halogens is 1. The molecule has 0 aromatic heterocycles. The number of benzene rings is 1. The molecule has 0 aliphatic rings. The van der Waals surface area contributed by atoms with Gasteiger partial charge in [0.1, 0.15) is 0 Å². The topological polar surface area (TPSA) is 73.6 Å². The zero-order valence-electron chi connectivity index (χ0n) is 8.83. The number of anilines is 1. The van der Waals surface area contributed by atoms with E-state index in [4.69, 9.17) is 15.3 Å². The van der Waals surface area contributed by atoms with Crippen molar-refractivity contribution in [2.45, 2.75) is 0 Å². The van der Waals surface area contributed by atoms with Gasteiger partial charge >= 0.3 is 0 Å². The highest BCUT2D eigenvalue weighted by atomic mass is 79.9. The van der Waals surface area contributed by atoms with E-state index in [-0.39, 0.29) is 12.5 Å². The van der Waals surface area contributed by atoms with Crippen molar-refractivity contribution in [1.29, 1.82) is 0 Å². The smallest absolute Gasteiger partial charge is 0.276 e. The Morgan fingerprint density at radius 1 is 1.50 bits per heavy atom. The summed E-state index contributed by atoms with van der Waals surface area (Å²) >= 11 is 3.26. The van der Waals surface area contributed by atoms with Gasteiger partial charge in [-0.1, -0.05) is 15.9 Å². The standard InChI is InChI=1S/C10H13BrN2O3/c1-15-4-5-16-13-10(14)8-6-7(11)2-3-9(8)12/h2-3,6H,4-5,12H2,1H3,(H,13,14). The molecule has 0 radical (unpaired) electrons. The minimum atomic E-state index is -0.380. The fourth-order valence-electron chi connectivity index (χ4n) is 1.02. The number of carbonyl (C=O) groups excluding carboxylic acids is 1. The molecule has 0 aliphatic carbocycles. The Hall–Kier alpha value is -1.11. The van der Waals surface area contributed by atoms with Gasteiger partial charge in [-0.05, 0) is 18.2 Å². The summed E-state index contributed by atoms with van der Waals surface area (Å²) in [7, 11) is 1.55. The maximum Gasteiger partial charge on any atom is 0.276 e. The third-order valence-electron chi connectivity index (χ3n) is 1.81. The SMILES string of the molecule is COCCONC(=O)c1cc(Br)ccc1N. The molecule has 0 bridgehead atoms. The van der Waals surface area contributed by atoms with Crippen LogP contribution in [-0.2, 0) is 9.57 Å². The second-order valence-electron chi connectivity index (χ2n) is 3.00. The molecule has 0 heterocycles. The van der Waals surface area contributed by atoms with Crippen LogP contribution in [0.15, 0.2) is 22.7 Å². The Balaban J connectivity index is 2.55. The van der Waals surface area contributed by atoms with E-state index < -0.39 is 0 Å². The van der Waals surface area contributed by atoms with Crippen LogP contribution in [0.3, 0.4) is 0 Å². The summed E-state index contributed by atoms with van der Waals surface area (Å²) in [5.41, 5.74) is 8.71. The number of nitrogen functional groups attached to an aromatic ring is 1. The van der Waals surface area contributed by atoms with Crippen molar-refractivity contribution in [3.8, 4) is 0 Å². The Bertz CT molecular complexity index is 371. The molecule has 0 atom stereocenters. The number of hydroxylamine groups is 1. The molecule has 1 rings (SSSR count). The molecule has 0 aliphatic heterocycles. The maximum atomic E-state index is 11.6. The van der Waals surface area contributed by atoms with E-state index >= 15 is 0 Å². The first kappa shape index (κ1) is 13.0. The molecular weight excluding hydrogens is 276 g/mol. The normalized spacial score (nSPS) is 10.1. The highest BCUT2D eigenvalue weighted by molar-refractivity contribution is 9.10. The van der Waals surface area contributed by atoms with E-state index in [0.29, 0.717) is 17.9 Å². The Kier molecular flexibility index (Phi) is 5.24. The monoisotopic (exact) mass is 288 g/mol. The fraction of sp³-hybridized carbons (Fsp3) is 0.300. The quantitative estimate of drug-likeness (QED) is 0.487. The number of ether oxygens (including phenoxy) is 1. The number of nitrogens with two attached hydrogens (primary N) is 1. The van der Waals surface area contributed by atoms with Crippen molar-refractivity contribution in [3.63, 3.8) is 0 Å². The lowest BCUT2D eigenvalue weighted by Gasteiger charge is -2.07. The van der Waals surface area contributed by atoms with Crippen LogP contribution in [0.2, 0.25) is 0 Å². The van der Waals surface area contributed by atoms with E-state index in [2.05, 4.69) is 21.4 Å². The van der Waals surface area contributed by atoms with Crippen molar-refractivity contribution in [1.82, 2.24) is 5.48 Å². The summed E-state index contributed by atoms with van der Waals surface area (Å²) in [6, 6.07) is 5.04. The van der Waals surface area contributed by atoms with Crippen LogP contribution in [0.25, 0.3) is 0 Å². The number of methoxy groups -OCH3 is 1. The number of amides is 1. The van der Waals surface area contributed by atoms with E-state index in [0.717, 1.165) is 4.47 Å². The summed E-state index contributed by atoms with van der Waals surface area (Å²) < 4.78 is 5.54. The first-order valence-corrected chi connectivity index (χ1v) is 5.40. The molecule has 1 aromatic rings. The third-order valence-corrected chi connectivity index (χ3v) is 2.31. The Morgan fingerprint density at radius 2 is 2.25 bits per heavy atom. The van der Waals surface area contributed by atoms with Crippen LogP contribution in [-0.4, -0.2) is 26.2 Å². The van der Waals surface area contributed by atoms with Gasteiger partial charge in [0.05, 0.1) is 18.8 Å². The number of hydrogen-bond donors (Lipinski definition) is 2. The predicted molar refractivity (Wildman–Crippen MR) is 63.8 cm³/mol. The molecule has 1 amide bonds. The molecule has 0 spiro atoms. The average molecular weight is 289 g/mol. The van der Waals surface area contributed by atoms with Crippen LogP contribution in [0, 0.1) is 0 Å². The minimum Gasteiger partial charge on any atom is -0.398 e. The Labute approximate surface area is 102 Å². The molecule has 5 nitrogen and oxygen atoms in total. The second-order valence-corrected chi connectivity index (χ2v) is 3.92.